The summed E-state index contributed by atoms with van der Waals surface area (Å²) in [5, 5.41) is 4.04. The van der Waals surface area contributed by atoms with Gasteiger partial charge in [-0.05, 0) is 36.8 Å². The SMILES string of the molecule is Cc1ccc(NC(=S)Nc2c(F)c(F)c(C(F)(F)F)c(F)c2F)cc1Cl. The molecule has 0 amide bonds. The largest absolute Gasteiger partial charge is 0.422 e. The van der Waals surface area contributed by atoms with Crippen LogP contribution >= 0.6 is 23.8 Å². The van der Waals surface area contributed by atoms with Crippen LogP contribution in [0.3, 0.4) is 0 Å². The van der Waals surface area contributed by atoms with Crippen molar-refractivity contribution in [2.24, 2.45) is 0 Å². The van der Waals surface area contributed by atoms with Crippen molar-refractivity contribution in [2.45, 2.75) is 13.1 Å². The molecule has 0 saturated heterocycles. The molecule has 26 heavy (non-hydrogen) atoms. The lowest BCUT2D eigenvalue weighted by molar-refractivity contribution is -0.143. The van der Waals surface area contributed by atoms with Crippen molar-refractivity contribution in [2.75, 3.05) is 10.6 Å². The molecule has 0 fully saturated rings. The molecule has 2 rings (SSSR count). The fourth-order valence-corrected chi connectivity index (χ4v) is 2.34. The number of anilines is 2. The Morgan fingerprint density at radius 1 is 0.962 bits per heavy atom. The fraction of sp³-hybridized carbons (Fsp3) is 0.133. The molecule has 0 aliphatic heterocycles. The topological polar surface area (TPSA) is 24.1 Å². The van der Waals surface area contributed by atoms with E-state index in [1.807, 2.05) is 0 Å². The molecule has 2 aromatic carbocycles. The van der Waals surface area contributed by atoms with Gasteiger partial charge in [-0.15, -0.1) is 0 Å². The highest BCUT2D eigenvalue weighted by Gasteiger charge is 2.42. The number of benzene rings is 2. The van der Waals surface area contributed by atoms with E-state index in [4.69, 9.17) is 23.8 Å². The second-order valence-corrected chi connectivity index (χ2v) is 5.86. The number of hydrogen-bond donors (Lipinski definition) is 2. The van der Waals surface area contributed by atoms with Crippen LogP contribution in [0.5, 0.6) is 0 Å². The third-order valence-electron chi connectivity index (χ3n) is 3.22. The number of aryl methyl sites for hydroxylation is 1. The molecular formula is C15H8ClF7N2S. The van der Waals surface area contributed by atoms with Gasteiger partial charge in [-0.2, -0.15) is 13.2 Å². The molecule has 2 N–H and O–H groups in total. The first kappa shape index (κ1) is 20.2. The molecule has 11 heteroatoms. The molecule has 0 heterocycles. The minimum absolute atomic E-state index is 0.270. The van der Waals surface area contributed by atoms with Crippen LogP contribution in [0.1, 0.15) is 11.1 Å². The number of alkyl halides is 3. The van der Waals surface area contributed by atoms with Gasteiger partial charge in [0, 0.05) is 10.7 Å². The molecule has 0 aromatic heterocycles. The molecular weight excluding hydrogens is 409 g/mol. The molecule has 0 radical (unpaired) electrons. The van der Waals surface area contributed by atoms with Crippen LogP contribution in [0.25, 0.3) is 0 Å². The van der Waals surface area contributed by atoms with E-state index < -0.39 is 45.8 Å². The van der Waals surface area contributed by atoms with Crippen LogP contribution in [0.2, 0.25) is 5.02 Å². The summed E-state index contributed by atoms with van der Waals surface area (Å²) in [6, 6.07) is 4.49. The summed E-state index contributed by atoms with van der Waals surface area (Å²) in [5.41, 5.74) is -3.17. The van der Waals surface area contributed by atoms with Gasteiger partial charge in [0.2, 0.25) is 0 Å². The minimum atomic E-state index is -5.62. The lowest BCUT2D eigenvalue weighted by Crippen LogP contribution is -2.23. The van der Waals surface area contributed by atoms with E-state index in [9.17, 15) is 30.7 Å². The van der Waals surface area contributed by atoms with Crippen LogP contribution < -0.4 is 10.6 Å². The van der Waals surface area contributed by atoms with Crippen molar-refractivity contribution in [1.82, 2.24) is 0 Å². The summed E-state index contributed by atoms with van der Waals surface area (Å²) >= 11 is 10.6. The van der Waals surface area contributed by atoms with Crippen molar-refractivity contribution in [3.05, 3.63) is 57.6 Å². The van der Waals surface area contributed by atoms with Crippen LogP contribution in [-0.4, -0.2) is 5.11 Å². The smallest absolute Gasteiger partial charge is 0.332 e. The molecule has 0 atom stereocenters. The average Bonchev–Trinajstić information content (AvgIpc) is 2.52. The first-order valence-corrected chi connectivity index (χ1v) is 7.49. The second kappa shape index (κ2) is 7.28. The lowest BCUT2D eigenvalue weighted by atomic mass is 10.1. The van der Waals surface area contributed by atoms with Gasteiger partial charge in [-0.25, -0.2) is 17.6 Å². The number of thiocarbonyl (C=S) groups is 1. The Hall–Kier alpha value is -2.07. The van der Waals surface area contributed by atoms with Crippen LogP contribution in [-0.2, 0) is 6.18 Å². The van der Waals surface area contributed by atoms with Crippen molar-refractivity contribution < 1.29 is 30.7 Å². The zero-order chi connectivity index (χ0) is 19.8. The van der Waals surface area contributed by atoms with E-state index in [1.165, 1.54) is 12.1 Å². The van der Waals surface area contributed by atoms with Crippen molar-refractivity contribution in [3.8, 4) is 0 Å². The standard InChI is InChI=1S/C15H8ClF7N2S/c1-5-2-3-6(4-7(5)16)24-14(26)25-13-11(19)9(17)8(15(21,22)23)10(18)12(13)20/h2-4H,1H3,(H2,24,25,26). The third kappa shape index (κ3) is 4.01. The Bertz CT molecular complexity index is 854. The zero-order valence-electron chi connectivity index (χ0n) is 12.7. The lowest BCUT2D eigenvalue weighted by Gasteiger charge is -2.16. The molecule has 2 nitrogen and oxygen atoms in total. The van der Waals surface area contributed by atoms with Crippen LogP contribution in [0, 0.1) is 30.2 Å². The van der Waals surface area contributed by atoms with Crippen molar-refractivity contribution in [3.63, 3.8) is 0 Å². The summed E-state index contributed by atoms with van der Waals surface area (Å²) in [4.78, 5) is 0. The van der Waals surface area contributed by atoms with E-state index in [-0.39, 0.29) is 5.69 Å². The summed E-state index contributed by atoms with van der Waals surface area (Å²) in [5.74, 6) is -9.69. The zero-order valence-corrected chi connectivity index (χ0v) is 14.2. The van der Waals surface area contributed by atoms with E-state index in [0.29, 0.717) is 5.02 Å². The summed E-state index contributed by atoms with van der Waals surface area (Å²) < 4.78 is 92.3. The third-order valence-corrected chi connectivity index (χ3v) is 3.83. The highest BCUT2D eigenvalue weighted by atomic mass is 35.5. The second-order valence-electron chi connectivity index (χ2n) is 5.05. The molecule has 0 bridgehead atoms. The van der Waals surface area contributed by atoms with E-state index in [1.54, 1.807) is 18.3 Å². The minimum Gasteiger partial charge on any atom is -0.332 e. The van der Waals surface area contributed by atoms with E-state index in [2.05, 4.69) is 5.32 Å². The van der Waals surface area contributed by atoms with Gasteiger partial charge in [0.1, 0.15) is 11.3 Å². The van der Waals surface area contributed by atoms with Gasteiger partial charge in [-0.1, -0.05) is 17.7 Å². The Morgan fingerprint density at radius 3 is 1.96 bits per heavy atom. The summed E-state index contributed by atoms with van der Waals surface area (Å²) in [6.07, 6.45) is -5.62. The summed E-state index contributed by atoms with van der Waals surface area (Å²) in [6.45, 7) is 1.71. The fourth-order valence-electron chi connectivity index (χ4n) is 1.94. The van der Waals surface area contributed by atoms with Crippen LogP contribution in [0.15, 0.2) is 18.2 Å². The van der Waals surface area contributed by atoms with Gasteiger partial charge in [0.25, 0.3) is 0 Å². The van der Waals surface area contributed by atoms with Crippen molar-refractivity contribution in [1.29, 1.82) is 0 Å². The predicted molar refractivity (Wildman–Crippen MR) is 87.3 cm³/mol. The first-order valence-electron chi connectivity index (χ1n) is 6.70. The number of nitrogens with one attached hydrogen (secondary N) is 2. The van der Waals surface area contributed by atoms with Gasteiger partial charge in [-0.3, -0.25) is 0 Å². The molecule has 0 aliphatic rings. The molecule has 2 aromatic rings. The normalized spacial score (nSPS) is 11.4. The van der Waals surface area contributed by atoms with E-state index >= 15 is 0 Å². The van der Waals surface area contributed by atoms with E-state index in [0.717, 1.165) is 5.56 Å². The molecule has 0 aliphatic carbocycles. The predicted octanol–water partition coefficient (Wildman–Crippen LogP) is 6.03. The van der Waals surface area contributed by atoms with Crippen molar-refractivity contribution >= 4 is 40.3 Å². The molecule has 0 saturated carbocycles. The monoisotopic (exact) mass is 416 g/mol. The first-order chi connectivity index (χ1) is 11.9. The van der Waals surface area contributed by atoms with Gasteiger partial charge < -0.3 is 10.6 Å². The highest BCUT2D eigenvalue weighted by Crippen LogP contribution is 2.38. The van der Waals surface area contributed by atoms with Gasteiger partial charge in [0.05, 0.1) is 0 Å². The van der Waals surface area contributed by atoms with Gasteiger partial charge >= 0.3 is 6.18 Å². The number of halogens is 8. The number of rotatable bonds is 2. The Kier molecular flexibility index (Phi) is 5.67. The maximum absolute atomic E-state index is 13.8. The molecule has 140 valence electrons. The summed E-state index contributed by atoms with van der Waals surface area (Å²) in [7, 11) is 0. The quantitative estimate of drug-likeness (QED) is 0.355. The Morgan fingerprint density at radius 2 is 1.50 bits per heavy atom. The Balaban J connectivity index is 2.34. The van der Waals surface area contributed by atoms with Gasteiger partial charge in [0.15, 0.2) is 28.4 Å². The van der Waals surface area contributed by atoms with Crippen LogP contribution in [0.4, 0.5) is 42.1 Å². The maximum atomic E-state index is 13.8. The average molecular weight is 417 g/mol. The Labute approximate surface area is 153 Å². The highest BCUT2D eigenvalue weighted by molar-refractivity contribution is 7.80. The molecule has 0 unspecified atom stereocenters. The number of hydrogen-bond acceptors (Lipinski definition) is 1. The molecule has 0 spiro atoms. The maximum Gasteiger partial charge on any atom is 0.422 e.